The zero-order valence-electron chi connectivity index (χ0n) is 32.6. The Morgan fingerprint density at radius 1 is 0.577 bits per heavy atom. The molecular formula is C39H76O13. The first-order valence-corrected chi connectivity index (χ1v) is 20.4. The summed E-state index contributed by atoms with van der Waals surface area (Å²) in [6.07, 6.45) is 19.3. The summed E-state index contributed by atoms with van der Waals surface area (Å²) in [7, 11) is 0. The van der Waals surface area contributed by atoms with Crippen molar-refractivity contribution in [3.8, 4) is 0 Å². The zero-order valence-corrected chi connectivity index (χ0v) is 32.6. The second kappa shape index (κ2) is 38.3. The molecule has 1 aliphatic heterocycles. The summed E-state index contributed by atoms with van der Waals surface area (Å²) < 4.78 is 51.4. The Hall–Kier alpha value is -0.970. The average Bonchev–Trinajstić information content (AvgIpc) is 3.55. The lowest BCUT2D eigenvalue weighted by Crippen LogP contribution is -2.45. The molecule has 1 fully saturated rings. The molecular weight excluding hydrogens is 676 g/mol. The number of hydrogen-bond donors (Lipinski definition) is 3. The molecule has 0 aromatic heterocycles. The molecule has 0 aliphatic carbocycles. The van der Waals surface area contributed by atoms with Crippen LogP contribution < -0.4 is 0 Å². The van der Waals surface area contributed by atoms with E-state index in [0.717, 1.165) is 12.8 Å². The second-order valence-corrected chi connectivity index (χ2v) is 13.3. The lowest BCUT2D eigenvalue weighted by molar-refractivity contribution is -0.146. The van der Waals surface area contributed by atoms with E-state index < -0.39 is 24.4 Å². The van der Waals surface area contributed by atoms with E-state index >= 15 is 0 Å². The number of carbonyl (C=O) groups is 1. The fourth-order valence-corrected chi connectivity index (χ4v) is 6.07. The van der Waals surface area contributed by atoms with Gasteiger partial charge in [-0.2, -0.15) is 0 Å². The van der Waals surface area contributed by atoms with Crippen molar-refractivity contribution in [3.63, 3.8) is 0 Å². The third kappa shape index (κ3) is 28.5. The van der Waals surface area contributed by atoms with Crippen molar-refractivity contribution >= 4 is 5.97 Å². The van der Waals surface area contributed by atoms with Crippen LogP contribution in [0.1, 0.15) is 116 Å². The van der Waals surface area contributed by atoms with Gasteiger partial charge in [-0.25, -0.2) is 0 Å². The Morgan fingerprint density at radius 3 is 1.67 bits per heavy atom. The SMILES string of the molecule is CCCCCCCCCCCCCCCCCCC(=O)OCCOCCOCC(OCCOCCO)[C@H]1OC[C@@H](OCCO)[C@@H]1OCCOCCO. The summed E-state index contributed by atoms with van der Waals surface area (Å²) in [5.74, 6) is -0.178. The molecule has 4 atom stereocenters. The van der Waals surface area contributed by atoms with Crippen LogP contribution in [0, 0.1) is 0 Å². The van der Waals surface area contributed by atoms with Crippen LogP contribution in [0.2, 0.25) is 0 Å². The van der Waals surface area contributed by atoms with Gasteiger partial charge in [-0.15, -0.1) is 0 Å². The van der Waals surface area contributed by atoms with Crippen LogP contribution in [0.15, 0.2) is 0 Å². The summed E-state index contributed by atoms with van der Waals surface area (Å²) in [4.78, 5) is 12.1. The van der Waals surface area contributed by atoms with Gasteiger partial charge < -0.3 is 58.0 Å². The van der Waals surface area contributed by atoms with Gasteiger partial charge in [-0.1, -0.05) is 103 Å². The molecule has 0 radical (unpaired) electrons. The first kappa shape index (κ1) is 49.0. The van der Waals surface area contributed by atoms with Crippen LogP contribution in [-0.2, 0) is 47.4 Å². The molecule has 1 unspecified atom stereocenters. The van der Waals surface area contributed by atoms with Crippen molar-refractivity contribution in [3.05, 3.63) is 0 Å². The number of ether oxygens (including phenoxy) is 9. The van der Waals surface area contributed by atoms with E-state index in [0.29, 0.717) is 32.8 Å². The molecule has 0 amide bonds. The van der Waals surface area contributed by atoms with E-state index in [4.69, 9.17) is 52.8 Å². The Morgan fingerprint density at radius 2 is 1.08 bits per heavy atom. The van der Waals surface area contributed by atoms with Crippen LogP contribution in [0.5, 0.6) is 0 Å². The van der Waals surface area contributed by atoms with E-state index in [9.17, 15) is 9.90 Å². The lowest BCUT2D eigenvalue weighted by atomic mass is 10.0. The van der Waals surface area contributed by atoms with Gasteiger partial charge in [0.2, 0.25) is 0 Å². The van der Waals surface area contributed by atoms with Gasteiger partial charge in [0.1, 0.15) is 31.0 Å². The number of carbonyl (C=O) groups excluding carboxylic acids is 1. The Kier molecular flexibility index (Phi) is 36.1. The maximum Gasteiger partial charge on any atom is 0.305 e. The Bertz CT molecular complexity index is 747. The molecule has 310 valence electrons. The summed E-state index contributed by atoms with van der Waals surface area (Å²) in [5.41, 5.74) is 0. The molecule has 13 nitrogen and oxygen atoms in total. The van der Waals surface area contributed by atoms with Gasteiger partial charge in [0.05, 0.1) is 99.1 Å². The summed E-state index contributed by atoms with van der Waals surface area (Å²) in [6.45, 7) is 5.23. The van der Waals surface area contributed by atoms with E-state index in [-0.39, 0.29) is 85.3 Å². The molecule has 1 aliphatic rings. The smallest absolute Gasteiger partial charge is 0.305 e. The zero-order chi connectivity index (χ0) is 37.6. The normalized spacial score (nSPS) is 18.0. The average molecular weight is 753 g/mol. The number of rotatable bonds is 41. The van der Waals surface area contributed by atoms with Gasteiger partial charge in [-0.05, 0) is 6.42 Å². The molecule has 1 saturated heterocycles. The number of aliphatic hydroxyl groups is 3. The number of esters is 1. The first-order chi connectivity index (χ1) is 25.7. The van der Waals surface area contributed by atoms with Crippen molar-refractivity contribution in [2.75, 3.05) is 106 Å². The first-order valence-electron chi connectivity index (χ1n) is 20.4. The summed E-state index contributed by atoms with van der Waals surface area (Å²) >= 11 is 0. The van der Waals surface area contributed by atoms with E-state index in [2.05, 4.69) is 6.92 Å². The maximum absolute atomic E-state index is 12.1. The highest BCUT2D eigenvalue weighted by atomic mass is 16.6. The quantitative estimate of drug-likeness (QED) is 0.0579. The molecule has 0 aromatic carbocycles. The molecule has 0 aromatic rings. The highest BCUT2D eigenvalue weighted by Gasteiger charge is 2.44. The van der Waals surface area contributed by atoms with E-state index in [1.165, 1.54) is 89.9 Å². The second-order valence-electron chi connectivity index (χ2n) is 13.3. The fraction of sp³-hybridized carbons (Fsp3) is 0.974. The minimum Gasteiger partial charge on any atom is -0.463 e. The van der Waals surface area contributed by atoms with E-state index in [1.54, 1.807) is 0 Å². The van der Waals surface area contributed by atoms with Gasteiger partial charge in [-0.3, -0.25) is 4.79 Å². The summed E-state index contributed by atoms with van der Waals surface area (Å²) in [6, 6.07) is 0. The molecule has 0 bridgehead atoms. The maximum atomic E-state index is 12.1. The minimum absolute atomic E-state index is 0.0719. The van der Waals surface area contributed by atoms with Crippen LogP contribution >= 0.6 is 0 Å². The van der Waals surface area contributed by atoms with Gasteiger partial charge >= 0.3 is 5.97 Å². The molecule has 0 spiro atoms. The minimum atomic E-state index is -0.519. The van der Waals surface area contributed by atoms with Crippen molar-refractivity contribution in [1.82, 2.24) is 0 Å². The molecule has 52 heavy (non-hydrogen) atoms. The monoisotopic (exact) mass is 753 g/mol. The Balaban J connectivity index is 2.17. The number of aliphatic hydroxyl groups excluding tert-OH is 3. The highest BCUT2D eigenvalue weighted by Crippen LogP contribution is 2.25. The van der Waals surface area contributed by atoms with E-state index in [1.807, 2.05) is 0 Å². The predicted octanol–water partition coefficient (Wildman–Crippen LogP) is 4.78. The standard InChI is InChI=1S/C39H76O13/c1-2-3-4-5-6-7-8-9-10-11-12-13-14-15-16-17-18-37(43)50-31-28-46-25-26-47-33-35(49-30-27-44-22-19-40)39-38(51-32-29-45-23-20-41)36(34-52-39)48-24-21-42/h35-36,38-42H,2-34H2,1H3/t35?,36-,38+,39-/m1/s1. The van der Waals surface area contributed by atoms with Crippen LogP contribution in [-0.4, -0.2) is 151 Å². The lowest BCUT2D eigenvalue weighted by Gasteiger charge is -2.29. The molecule has 0 saturated carbocycles. The van der Waals surface area contributed by atoms with Crippen molar-refractivity contribution in [2.24, 2.45) is 0 Å². The van der Waals surface area contributed by atoms with Gasteiger partial charge in [0, 0.05) is 6.42 Å². The van der Waals surface area contributed by atoms with Gasteiger partial charge in [0.25, 0.3) is 0 Å². The molecule has 3 N–H and O–H groups in total. The molecule has 1 heterocycles. The van der Waals surface area contributed by atoms with Crippen LogP contribution in [0.25, 0.3) is 0 Å². The highest BCUT2D eigenvalue weighted by molar-refractivity contribution is 5.69. The van der Waals surface area contributed by atoms with Crippen molar-refractivity contribution in [2.45, 2.75) is 140 Å². The molecule has 13 heteroatoms. The molecule has 1 rings (SSSR count). The predicted molar refractivity (Wildman–Crippen MR) is 199 cm³/mol. The van der Waals surface area contributed by atoms with Crippen molar-refractivity contribution in [1.29, 1.82) is 0 Å². The third-order valence-electron chi connectivity index (χ3n) is 8.88. The topological polar surface area (TPSA) is 161 Å². The fourth-order valence-electron chi connectivity index (χ4n) is 6.07. The van der Waals surface area contributed by atoms with Crippen molar-refractivity contribution < 1.29 is 62.7 Å². The van der Waals surface area contributed by atoms with Crippen LogP contribution in [0.4, 0.5) is 0 Å². The third-order valence-corrected chi connectivity index (χ3v) is 8.88. The van der Waals surface area contributed by atoms with Gasteiger partial charge in [0.15, 0.2) is 0 Å². The van der Waals surface area contributed by atoms with Crippen LogP contribution in [0.3, 0.4) is 0 Å². The number of hydrogen-bond acceptors (Lipinski definition) is 13. The Labute approximate surface area is 314 Å². The largest absolute Gasteiger partial charge is 0.463 e. The summed E-state index contributed by atoms with van der Waals surface area (Å²) in [5, 5.41) is 27.2. The number of unbranched alkanes of at least 4 members (excludes halogenated alkanes) is 15.